The van der Waals surface area contributed by atoms with Crippen molar-refractivity contribution in [2.75, 3.05) is 6.61 Å². The highest BCUT2D eigenvalue weighted by Crippen LogP contribution is 2.23. The minimum atomic E-state index is -0.604. The van der Waals surface area contributed by atoms with Crippen LogP contribution in [0.2, 0.25) is 0 Å². The number of carbonyl (C=O) groups excluding carboxylic acids is 3. The number of rotatable bonds is 6. The molecule has 1 heterocycles. The van der Waals surface area contributed by atoms with Crippen molar-refractivity contribution in [1.82, 2.24) is 4.57 Å². The van der Waals surface area contributed by atoms with Gasteiger partial charge in [-0.2, -0.15) is 0 Å². The fourth-order valence-electron chi connectivity index (χ4n) is 3.02. The van der Waals surface area contributed by atoms with Crippen molar-refractivity contribution in [3.05, 3.63) is 87.1 Å². The first-order valence-corrected chi connectivity index (χ1v) is 9.40. The van der Waals surface area contributed by atoms with Gasteiger partial charge < -0.3 is 9.30 Å². The molecule has 142 valence electrons. The van der Waals surface area contributed by atoms with E-state index >= 15 is 0 Å². The predicted octanol–water partition coefficient (Wildman–Crippen LogP) is 4.71. The zero-order valence-electron chi connectivity index (χ0n) is 15.4. The van der Waals surface area contributed by atoms with Gasteiger partial charge in [-0.3, -0.25) is 9.59 Å². The smallest absolute Gasteiger partial charge is 0.338 e. The minimum absolute atomic E-state index is 0.269. The summed E-state index contributed by atoms with van der Waals surface area (Å²) in [6, 6.07) is 15.6. The third-order valence-electron chi connectivity index (χ3n) is 4.43. The number of halogens is 1. The van der Waals surface area contributed by atoms with Crippen molar-refractivity contribution < 1.29 is 19.1 Å². The van der Waals surface area contributed by atoms with Gasteiger partial charge in [-0.25, -0.2) is 4.79 Å². The minimum Gasteiger partial charge on any atom is -0.454 e. The number of carbonyl (C=O) groups is 3. The second-order valence-electron chi connectivity index (χ2n) is 6.34. The number of hydrogen-bond acceptors (Lipinski definition) is 4. The van der Waals surface area contributed by atoms with Crippen LogP contribution in [-0.2, 0) is 4.74 Å². The van der Waals surface area contributed by atoms with Gasteiger partial charge in [0.25, 0.3) is 0 Å². The molecule has 3 aromatic rings. The summed E-state index contributed by atoms with van der Waals surface area (Å²) in [5.74, 6) is -0.873. The van der Waals surface area contributed by atoms with Crippen LogP contribution < -0.4 is 0 Å². The van der Waals surface area contributed by atoms with E-state index in [9.17, 15) is 14.4 Å². The number of ketones is 1. The van der Waals surface area contributed by atoms with Crippen LogP contribution in [0.1, 0.15) is 42.5 Å². The van der Waals surface area contributed by atoms with E-state index in [1.54, 1.807) is 6.07 Å². The van der Waals surface area contributed by atoms with E-state index in [2.05, 4.69) is 15.9 Å². The summed E-state index contributed by atoms with van der Waals surface area (Å²) in [7, 11) is 0. The number of benzene rings is 2. The first-order chi connectivity index (χ1) is 13.4. The molecule has 28 heavy (non-hydrogen) atoms. The number of aryl methyl sites for hydroxylation is 1. The van der Waals surface area contributed by atoms with E-state index in [4.69, 9.17) is 4.74 Å². The summed E-state index contributed by atoms with van der Waals surface area (Å²) in [5, 5.41) is 0. The molecule has 0 aliphatic rings. The van der Waals surface area contributed by atoms with E-state index in [1.165, 1.54) is 24.3 Å². The summed E-state index contributed by atoms with van der Waals surface area (Å²) < 4.78 is 8.11. The molecule has 0 bridgehead atoms. The lowest BCUT2D eigenvalue weighted by Crippen LogP contribution is -2.15. The quantitative estimate of drug-likeness (QED) is 0.317. The third-order valence-corrected chi connectivity index (χ3v) is 4.96. The number of esters is 1. The lowest BCUT2D eigenvalue weighted by atomic mass is 10.1. The number of nitrogens with zero attached hydrogens (tertiary/aromatic N) is 1. The lowest BCUT2D eigenvalue weighted by molar-refractivity contribution is 0.0474. The summed E-state index contributed by atoms with van der Waals surface area (Å²) in [6.07, 6.45) is 0.694. The Labute approximate surface area is 171 Å². The molecule has 2 aromatic carbocycles. The Morgan fingerprint density at radius 3 is 2.29 bits per heavy atom. The Kier molecular flexibility index (Phi) is 5.90. The van der Waals surface area contributed by atoms with E-state index in [1.807, 2.05) is 42.7 Å². The zero-order chi connectivity index (χ0) is 20.3. The first kappa shape index (κ1) is 19.8. The second kappa shape index (κ2) is 8.35. The Morgan fingerprint density at radius 2 is 1.68 bits per heavy atom. The van der Waals surface area contributed by atoms with Crippen molar-refractivity contribution in [1.29, 1.82) is 0 Å². The molecule has 6 heteroatoms. The molecule has 0 N–H and O–H groups in total. The van der Waals surface area contributed by atoms with E-state index < -0.39 is 5.97 Å². The van der Waals surface area contributed by atoms with Crippen molar-refractivity contribution in [2.24, 2.45) is 0 Å². The average Bonchev–Trinajstić information content (AvgIpc) is 3.01. The SMILES string of the molecule is Cc1cc(C(=O)COC(=O)c2ccc(C=O)cc2)c(C)n1-c1ccc(Br)cc1. The van der Waals surface area contributed by atoms with Gasteiger partial charge >= 0.3 is 5.97 Å². The molecule has 0 aliphatic carbocycles. The predicted molar refractivity (Wildman–Crippen MR) is 109 cm³/mol. The standard InChI is InChI=1S/C22H18BrNO4/c1-14-11-20(15(2)24(14)19-9-7-18(23)8-10-19)21(26)13-28-22(27)17-5-3-16(12-25)4-6-17/h3-12H,13H2,1-2H3. The Bertz CT molecular complexity index is 1030. The van der Waals surface area contributed by atoms with Crippen molar-refractivity contribution in [3.8, 4) is 5.69 Å². The van der Waals surface area contributed by atoms with Crippen LogP contribution in [0, 0.1) is 13.8 Å². The molecule has 0 amide bonds. The average molecular weight is 440 g/mol. The fraction of sp³-hybridized carbons (Fsp3) is 0.136. The number of Topliss-reactive ketones (excluding diaryl/α,β-unsaturated/α-hetero) is 1. The summed E-state index contributed by atoms with van der Waals surface area (Å²) in [4.78, 5) is 35.4. The molecule has 0 aliphatic heterocycles. The maximum Gasteiger partial charge on any atom is 0.338 e. The fourth-order valence-corrected chi connectivity index (χ4v) is 3.29. The maximum atomic E-state index is 12.6. The van der Waals surface area contributed by atoms with Crippen LogP contribution in [0.25, 0.3) is 5.69 Å². The van der Waals surface area contributed by atoms with Gasteiger partial charge in [-0.05, 0) is 56.3 Å². The monoisotopic (exact) mass is 439 g/mol. The summed E-state index contributed by atoms with van der Waals surface area (Å²) in [5.41, 5.74) is 3.93. The number of aldehydes is 1. The van der Waals surface area contributed by atoms with Gasteiger partial charge in [0.2, 0.25) is 5.78 Å². The van der Waals surface area contributed by atoms with E-state index in [0.29, 0.717) is 23.0 Å². The third kappa shape index (κ3) is 4.12. The normalized spacial score (nSPS) is 10.5. The molecule has 5 nitrogen and oxygen atoms in total. The van der Waals surface area contributed by atoms with Crippen molar-refractivity contribution in [2.45, 2.75) is 13.8 Å². The molecule has 3 rings (SSSR count). The summed E-state index contributed by atoms with van der Waals surface area (Å²) >= 11 is 3.42. The highest BCUT2D eigenvalue weighted by atomic mass is 79.9. The number of hydrogen-bond donors (Lipinski definition) is 0. The van der Waals surface area contributed by atoms with E-state index in [0.717, 1.165) is 21.5 Å². The van der Waals surface area contributed by atoms with Gasteiger partial charge in [-0.1, -0.05) is 28.1 Å². The van der Waals surface area contributed by atoms with Crippen LogP contribution in [0.15, 0.2) is 59.1 Å². The lowest BCUT2D eigenvalue weighted by Gasteiger charge is -2.10. The second-order valence-corrected chi connectivity index (χ2v) is 7.25. The first-order valence-electron chi connectivity index (χ1n) is 8.61. The Hall–Kier alpha value is -2.99. The number of ether oxygens (including phenoxy) is 1. The molecule has 1 aromatic heterocycles. The van der Waals surface area contributed by atoms with E-state index in [-0.39, 0.29) is 12.4 Å². The highest BCUT2D eigenvalue weighted by molar-refractivity contribution is 9.10. The number of aromatic nitrogens is 1. The maximum absolute atomic E-state index is 12.6. The summed E-state index contributed by atoms with van der Waals surface area (Å²) in [6.45, 7) is 3.44. The van der Waals surface area contributed by atoms with Gasteiger partial charge in [0.15, 0.2) is 6.61 Å². The van der Waals surface area contributed by atoms with Crippen LogP contribution in [0.4, 0.5) is 0 Å². The Balaban J connectivity index is 1.74. The zero-order valence-corrected chi connectivity index (χ0v) is 17.0. The van der Waals surface area contributed by atoms with Crippen LogP contribution in [0.3, 0.4) is 0 Å². The molecule has 0 fully saturated rings. The Morgan fingerprint density at radius 1 is 1.04 bits per heavy atom. The largest absolute Gasteiger partial charge is 0.454 e. The molecular weight excluding hydrogens is 422 g/mol. The van der Waals surface area contributed by atoms with Gasteiger partial charge in [0.1, 0.15) is 6.29 Å². The molecule has 0 saturated heterocycles. The van der Waals surface area contributed by atoms with Gasteiger partial charge in [-0.15, -0.1) is 0 Å². The molecule has 0 radical (unpaired) electrons. The van der Waals surface area contributed by atoms with Crippen LogP contribution >= 0.6 is 15.9 Å². The molecule has 0 spiro atoms. The molecule has 0 unspecified atom stereocenters. The van der Waals surface area contributed by atoms with Gasteiger partial charge in [0, 0.05) is 32.7 Å². The van der Waals surface area contributed by atoms with Crippen LogP contribution in [-0.4, -0.2) is 29.2 Å². The van der Waals surface area contributed by atoms with Crippen LogP contribution in [0.5, 0.6) is 0 Å². The molecular formula is C22H18BrNO4. The molecule has 0 saturated carbocycles. The van der Waals surface area contributed by atoms with Crippen molar-refractivity contribution in [3.63, 3.8) is 0 Å². The molecule has 0 atom stereocenters. The van der Waals surface area contributed by atoms with Gasteiger partial charge in [0.05, 0.1) is 5.56 Å². The van der Waals surface area contributed by atoms with Crippen molar-refractivity contribution >= 4 is 34.0 Å². The topological polar surface area (TPSA) is 65.4 Å². The highest BCUT2D eigenvalue weighted by Gasteiger charge is 2.18.